The van der Waals surface area contributed by atoms with Gasteiger partial charge in [0.05, 0.1) is 35.2 Å². The van der Waals surface area contributed by atoms with Gasteiger partial charge in [0.15, 0.2) is 5.82 Å². The molecular weight excluding hydrogens is 654 g/mol. The van der Waals surface area contributed by atoms with Crippen molar-refractivity contribution in [3.05, 3.63) is 100 Å². The molecule has 12 heteroatoms. The van der Waals surface area contributed by atoms with Crippen molar-refractivity contribution in [1.82, 2.24) is 39.3 Å². The maximum Gasteiger partial charge on any atom is 0.287 e. The van der Waals surface area contributed by atoms with E-state index in [4.69, 9.17) is 0 Å². The number of nitrogens with zero attached hydrogens (tertiary/aromatic N) is 7. The summed E-state index contributed by atoms with van der Waals surface area (Å²) >= 11 is 0. The lowest BCUT2D eigenvalue weighted by molar-refractivity contribution is -0.0217. The maximum absolute atomic E-state index is 13.4. The zero-order valence-electron chi connectivity index (χ0n) is 30.5. The van der Waals surface area contributed by atoms with E-state index in [0.29, 0.717) is 41.8 Å². The zero-order valence-corrected chi connectivity index (χ0v) is 30.5. The van der Waals surface area contributed by atoms with Crippen LogP contribution >= 0.6 is 0 Å². The summed E-state index contributed by atoms with van der Waals surface area (Å²) in [5, 5.41) is 10.7. The number of carbonyl (C=O) groups excluding carboxylic acids is 3. The van der Waals surface area contributed by atoms with Gasteiger partial charge in [-0.15, -0.1) is 0 Å². The number of likely N-dealkylation sites (tertiary alicyclic amines) is 1. The van der Waals surface area contributed by atoms with Gasteiger partial charge in [-0.2, -0.15) is 5.10 Å². The Balaban J connectivity index is 0.857. The van der Waals surface area contributed by atoms with Crippen LogP contribution in [0.3, 0.4) is 0 Å². The lowest BCUT2D eigenvalue weighted by atomic mass is 9.72. The van der Waals surface area contributed by atoms with Gasteiger partial charge in [-0.05, 0) is 87.3 Å². The van der Waals surface area contributed by atoms with Crippen molar-refractivity contribution in [2.45, 2.75) is 89.1 Å². The van der Waals surface area contributed by atoms with E-state index in [2.05, 4.69) is 35.1 Å². The van der Waals surface area contributed by atoms with Crippen LogP contribution in [-0.2, 0) is 25.2 Å². The van der Waals surface area contributed by atoms with Gasteiger partial charge in [0, 0.05) is 76.4 Å². The summed E-state index contributed by atoms with van der Waals surface area (Å²) in [6.45, 7) is 6.82. The number of amides is 3. The van der Waals surface area contributed by atoms with Crippen molar-refractivity contribution in [2.75, 3.05) is 39.0 Å². The molecule has 4 aliphatic rings. The first-order valence-corrected chi connectivity index (χ1v) is 18.8. The molecular formula is C40H49N9O3. The minimum Gasteiger partial charge on any atom is -0.345 e. The lowest BCUT2D eigenvalue weighted by Gasteiger charge is -2.53. The van der Waals surface area contributed by atoms with Gasteiger partial charge in [-0.3, -0.25) is 24.0 Å². The summed E-state index contributed by atoms with van der Waals surface area (Å²) in [4.78, 5) is 50.3. The second-order valence-electron chi connectivity index (χ2n) is 15.2. The van der Waals surface area contributed by atoms with E-state index >= 15 is 0 Å². The number of imidazole rings is 1. The van der Waals surface area contributed by atoms with Gasteiger partial charge >= 0.3 is 0 Å². The third-order valence-electron chi connectivity index (χ3n) is 11.8. The molecule has 2 aliphatic carbocycles. The van der Waals surface area contributed by atoms with E-state index in [9.17, 15) is 14.4 Å². The predicted molar refractivity (Wildman–Crippen MR) is 198 cm³/mol. The highest BCUT2D eigenvalue weighted by molar-refractivity contribution is 6.04. The van der Waals surface area contributed by atoms with Gasteiger partial charge in [0.2, 0.25) is 0 Å². The highest BCUT2D eigenvalue weighted by Crippen LogP contribution is 2.49. The number of aromatic nitrogens is 4. The highest BCUT2D eigenvalue weighted by Gasteiger charge is 2.49. The molecule has 8 rings (SSSR count). The number of carbonyl (C=O) groups is 3. The van der Waals surface area contributed by atoms with Gasteiger partial charge in [0.25, 0.3) is 17.7 Å². The SMILES string of the molecule is Cc1c(C(=O)Nc2ccc(CNC(=O)c3ncc4n3CCN(Cc3ccc(C(=O)N(C)C)cc3)C43CCC3)cc2)cnn1C1CCN(C2CC2)CC1. The van der Waals surface area contributed by atoms with Crippen LogP contribution in [0.25, 0.3) is 0 Å². The number of piperidine rings is 1. The molecule has 2 aromatic carbocycles. The number of anilines is 1. The zero-order chi connectivity index (χ0) is 36.0. The topological polar surface area (TPSA) is 121 Å². The summed E-state index contributed by atoms with van der Waals surface area (Å²) < 4.78 is 4.14. The van der Waals surface area contributed by atoms with Crippen LogP contribution in [0.2, 0.25) is 0 Å². The molecule has 272 valence electrons. The first kappa shape index (κ1) is 34.3. The number of rotatable bonds is 10. The van der Waals surface area contributed by atoms with Gasteiger partial charge in [0.1, 0.15) is 0 Å². The average Bonchev–Trinajstić information content (AvgIpc) is 3.78. The van der Waals surface area contributed by atoms with Crippen LogP contribution in [0.15, 0.2) is 60.9 Å². The molecule has 4 heterocycles. The molecule has 0 unspecified atom stereocenters. The Kier molecular flexibility index (Phi) is 9.21. The van der Waals surface area contributed by atoms with E-state index in [1.807, 2.05) is 66.3 Å². The minimum atomic E-state index is -0.196. The summed E-state index contributed by atoms with van der Waals surface area (Å²) in [5.74, 6) is 0.0838. The van der Waals surface area contributed by atoms with Crippen LogP contribution in [0.1, 0.15) is 105 Å². The largest absolute Gasteiger partial charge is 0.345 e. The average molecular weight is 704 g/mol. The highest BCUT2D eigenvalue weighted by atomic mass is 16.2. The van der Waals surface area contributed by atoms with Crippen molar-refractivity contribution in [2.24, 2.45) is 0 Å². The second kappa shape index (κ2) is 14.0. The fourth-order valence-corrected chi connectivity index (χ4v) is 8.41. The summed E-state index contributed by atoms with van der Waals surface area (Å²) in [7, 11) is 3.53. The van der Waals surface area contributed by atoms with Crippen LogP contribution in [0, 0.1) is 6.92 Å². The standard InChI is InChI=1S/C40H49N9O3/c1-27-34(24-43-49(27)33-15-19-46(20-16-33)32-13-14-32)37(50)44-31-11-7-28(8-12-31)23-42-38(51)36-41-25-35-40(17-4-18-40)47(21-22-48(35)36)26-29-5-9-30(10-6-29)39(52)45(2)3/h5-12,24-25,32-33H,4,13-23,26H2,1-3H3,(H,42,51)(H,44,50). The van der Waals surface area contributed by atoms with Crippen LogP contribution < -0.4 is 10.6 Å². The molecule has 1 saturated heterocycles. The molecule has 12 nitrogen and oxygen atoms in total. The lowest BCUT2D eigenvalue weighted by Crippen LogP contribution is -2.56. The van der Waals surface area contributed by atoms with Crippen LogP contribution in [0.5, 0.6) is 0 Å². The Morgan fingerprint density at radius 2 is 1.56 bits per heavy atom. The Hall–Kier alpha value is -4.81. The normalized spacial score (nSPS) is 18.8. The van der Waals surface area contributed by atoms with E-state index in [1.165, 1.54) is 18.4 Å². The van der Waals surface area contributed by atoms with Crippen molar-refractivity contribution < 1.29 is 14.4 Å². The van der Waals surface area contributed by atoms with E-state index < -0.39 is 0 Å². The first-order chi connectivity index (χ1) is 25.2. The Bertz CT molecular complexity index is 1950. The number of hydrogen-bond acceptors (Lipinski definition) is 7. The monoisotopic (exact) mass is 703 g/mol. The molecule has 0 radical (unpaired) electrons. The molecule has 0 bridgehead atoms. The molecule has 2 N–H and O–H groups in total. The van der Waals surface area contributed by atoms with Crippen molar-refractivity contribution in [3.63, 3.8) is 0 Å². The van der Waals surface area contributed by atoms with Gasteiger partial charge in [-0.25, -0.2) is 4.98 Å². The molecule has 4 aromatic rings. The molecule has 52 heavy (non-hydrogen) atoms. The van der Waals surface area contributed by atoms with Crippen molar-refractivity contribution >= 4 is 23.4 Å². The number of benzene rings is 2. The summed E-state index contributed by atoms with van der Waals surface area (Å²) in [6.07, 6.45) is 11.6. The second-order valence-corrected chi connectivity index (χ2v) is 15.2. The summed E-state index contributed by atoms with van der Waals surface area (Å²) in [5.41, 5.74) is 5.96. The van der Waals surface area contributed by atoms with E-state index in [0.717, 1.165) is 81.3 Å². The fourth-order valence-electron chi connectivity index (χ4n) is 8.41. The number of fused-ring (bicyclic) bond motifs is 2. The molecule has 3 amide bonds. The van der Waals surface area contributed by atoms with Crippen molar-refractivity contribution in [3.8, 4) is 0 Å². The third-order valence-corrected chi connectivity index (χ3v) is 11.8. The predicted octanol–water partition coefficient (Wildman–Crippen LogP) is 4.97. The first-order valence-electron chi connectivity index (χ1n) is 18.8. The van der Waals surface area contributed by atoms with Gasteiger partial charge < -0.3 is 25.0 Å². The van der Waals surface area contributed by atoms with Crippen molar-refractivity contribution in [1.29, 1.82) is 0 Å². The van der Waals surface area contributed by atoms with E-state index in [1.54, 1.807) is 25.2 Å². The smallest absolute Gasteiger partial charge is 0.287 e. The van der Waals surface area contributed by atoms with E-state index in [-0.39, 0.29) is 23.3 Å². The Morgan fingerprint density at radius 3 is 2.21 bits per heavy atom. The summed E-state index contributed by atoms with van der Waals surface area (Å²) in [6, 6.07) is 16.6. The van der Waals surface area contributed by atoms with Crippen LogP contribution in [0.4, 0.5) is 5.69 Å². The Morgan fingerprint density at radius 1 is 0.846 bits per heavy atom. The van der Waals surface area contributed by atoms with Crippen LogP contribution in [-0.4, -0.2) is 91.5 Å². The molecule has 0 atom stereocenters. The maximum atomic E-state index is 13.4. The molecule has 3 fully saturated rings. The third kappa shape index (κ3) is 6.54. The number of hydrogen-bond donors (Lipinski definition) is 2. The quantitative estimate of drug-likeness (QED) is 0.240. The van der Waals surface area contributed by atoms with Gasteiger partial charge in [-0.1, -0.05) is 24.3 Å². The molecule has 2 saturated carbocycles. The molecule has 1 spiro atoms. The molecule has 2 aliphatic heterocycles. The fraction of sp³-hybridized carbons (Fsp3) is 0.475. The number of nitrogens with one attached hydrogen (secondary N) is 2. The molecule has 2 aromatic heterocycles. The Labute approximate surface area is 305 Å². The minimum absolute atomic E-state index is 0.000172.